The first-order valence-corrected chi connectivity index (χ1v) is 9.93. The molecular weight excluding hydrogens is 424 g/mol. The van der Waals surface area contributed by atoms with Crippen molar-refractivity contribution in [2.24, 2.45) is 0 Å². The van der Waals surface area contributed by atoms with E-state index in [1.807, 2.05) is 0 Å². The SMILES string of the molecule is O=C(COC(=O)c1nn(-c2ccccc2)c(=O)c2ccccc12)NNC(=O)c1ccccc1. The average molecular weight is 442 g/mol. The Kier molecular flexibility index (Phi) is 6.21. The lowest BCUT2D eigenvalue weighted by Crippen LogP contribution is -2.43. The molecule has 9 heteroatoms. The minimum absolute atomic E-state index is 0.116. The molecule has 0 aliphatic heterocycles. The Morgan fingerprint density at radius 1 is 0.788 bits per heavy atom. The van der Waals surface area contributed by atoms with E-state index in [-0.39, 0.29) is 11.1 Å². The van der Waals surface area contributed by atoms with Crippen LogP contribution in [0.15, 0.2) is 89.7 Å². The maximum Gasteiger partial charge on any atom is 0.359 e. The maximum atomic E-state index is 12.9. The quantitative estimate of drug-likeness (QED) is 0.360. The minimum atomic E-state index is -0.889. The summed E-state index contributed by atoms with van der Waals surface area (Å²) in [5, 5.41) is 4.77. The molecule has 3 aromatic carbocycles. The van der Waals surface area contributed by atoms with E-state index in [0.717, 1.165) is 4.68 Å². The van der Waals surface area contributed by atoms with Gasteiger partial charge in [-0.1, -0.05) is 54.6 Å². The van der Waals surface area contributed by atoms with Gasteiger partial charge in [-0.15, -0.1) is 0 Å². The molecule has 2 amide bonds. The first-order valence-electron chi connectivity index (χ1n) is 9.93. The van der Waals surface area contributed by atoms with Gasteiger partial charge in [-0.3, -0.25) is 25.2 Å². The molecule has 0 bridgehead atoms. The van der Waals surface area contributed by atoms with Gasteiger partial charge in [0.05, 0.1) is 11.1 Å². The third kappa shape index (κ3) is 4.77. The van der Waals surface area contributed by atoms with Crippen LogP contribution in [0.1, 0.15) is 20.8 Å². The molecule has 4 aromatic rings. The summed E-state index contributed by atoms with van der Waals surface area (Å²) < 4.78 is 6.20. The number of ether oxygens (including phenoxy) is 1. The summed E-state index contributed by atoms with van der Waals surface area (Å²) in [6.07, 6.45) is 0. The molecule has 0 fully saturated rings. The van der Waals surface area contributed by atoms with Gasteiger partial charge < -0.3 is 4.74 Å². The van der Waals surface area contributed by atoms with Gasteiger partial charge in [-0.2, -0.15) is 9.78 Å². The molecular formula is C24H18N4O5. The number of aromatic nitrogens is 2. The van der Waals surface area contributed by atoms with Crippen LogP contribution in [0.4, 0.5) is 0 Å². The largest absolute Gasteiger partial charge is 0.451 e. The van der Waals surface area contributed by atoms with Crippen LogP contribution in [0.25, 0.3) is 16.5 Å². The number of carbonyl (C=O) groups is 3. The summed E-state index contributed by atoms with van der Waals surface area (Å²) in [5.41, 5.74) is 4.74. The number of hydrogen-bond acceptors (Lipinski definition) is 6. The standard InChI is InChI=1S/C24H18N4O5/c29-20(25-26-22(30)16-9-3-1-4-10-16)15-33-24(32)21-18-13-7-8-14-19(18)23(31)28(27-21)17-11-5-2-6-12-17/h1-14H,15H2,(H,25,29)(H,26,30). The van der Waals surface area contributed by atoms with Crippen molar-refractivity contribution in [2.45, 2.75) is 0 Å². The molecule has 0 spiro atoms. The normalized spacial score (nSPS) is 10.4. The topological polar surface area (TPSA) is 119 Å². The number of hydrogen-bond donors (Lipinski definition) is 2. The van der Waals surface area contributed by atoms with Gasteiger partial charge in [0.1, 0.15) is 0 Å². The van der Waals surface area contributed by atoms with E-state index in [9.17, 15) is 19.2 Å². The van der Waals surface area contributed by atoms with Crippen LogP contribution in [0.3, 0.4) is 0 Å². The summed E-state index contributed by atoms with van der Waals surface area (Å²) in [4.78, 5) is 49.7. The van der Waals surface area contributed by atoms with E-state index < -0.39 is 29.9 Å². The lowest BCUT2D eigenvalue weighted by Gasteiger charge is -2.11. The van der Waals surface area contributed by atoms with Crippen molar-refractivity contribution < 1.29 is 19.1 Å². The van der Waals surface area contributed by atoms with Gasteiger partial charge in [-0.05, 0) is 30.3 Å². The number of nitrogens with one attached hydrogen (secondary N) is 2. The Morgan fingerprint density at radius 2 is 1.39 bits per heavy atom. The molecule has 0 atom stereocenters. The Labute approximate surface area is 187 Å². The molecule has 1 heterocycles. The second kappa shape index (κ2) is 9.56. The van der Waals surface area contributed by atoms with Gasteiger partial charge in [0, 0.05) is 10.9 Å². The minimum Gasteiger partial charge on any atom is -0.451 e. The molecule has 0 aliphatic rings. The van der Waals surface area contributed by atoms with Crippen LogP contribution in [0.2, 0.25) is 0 Å². The number of benzene rings is 3. The lowest BCUT2D eigenvalue weighted by atomic mass is 10.1. The van der Waals surface area contributed by atoms with Crippen molar-refractivity contribution in [2.75, 3.05) is 6.61 Å². The fraction of sp³-hybridized carbons (Fsp3) is 0.0417. The van der Waals surface area contributed by atoms with Crippen LogP contribution >= 0.6 is 0 Å². The smallest absolute Gasteiger partial charge is 0.359 e. The van der Waals surface area contributed by atoms with Crippen molar-refractivity contribution in [3.63, 3.8) is 0 Å². The van der Waals surface area contributed by atoms with Crippen LogP contribution in [-0.4, -0.2) is 34.2 Å². The fourth-order valence-electron chi connectivity index (χ4n) is 3.11. The number of para-hydroxylation sites is 1. The number of fused-ring (bicyclic) bond motifs is 1. The number of carbonyl (C=O) groups excluding carboxylic acids is 3. The predicted octanol–water partition coefficient (Wildman–Crippen LogP) is 2.00. The second-order valence-corrected chi connectivity index (χ2v) is 6.89. The first kappa shape index (κ1) is 21.4. The molecule has 0 saturated heterocycles. The van der Waals surface area contributed by atoms with Crippen molar-refractivity contribution in [3.8, 4) is 5.69 Å². The van der Waals surface area contributed by atoms with Crippen LogP contribution in [0, 0.1) is 0 Å². The van der Waals surface area contributed by atoms with Crippen LogP contribution in [-0.2, 0) is 9.53 Å². The molecule has 0 radical (unpaired) electrons. The fourth-order valence-corrected chi connectivity index (χ4v) is 3.11. The Morgan fingerprint density at radius 3 is 2.09 bits per heavy atom. The highest BCUT2D eigenvalue weighted by molar-refractivity contribution is 6.03. The van der Waals surface area contributed by atoms with Crippen molar-refractivity contribution in [1.82, 2.24) is 20.6 Å². The Hall–Kier alpha value is -4.79. The van der Waals surface area contributed by atoms with Crippen LogP contribution < -0.4 is 16.4 Å². The van der Waals surface area contributed by atoms with Gasteiger partial charge in [0.15, 0.2) is 12.3 Å². The average Bonchev–Trinajstić information content (AvgIpc) is 2.87. The summed E-state index contributed by atoms with van der Waals surface area (Å²) in [5.74, 6) is -2.15. The van der Waals surface area contributed by atoms with Gasteiger partial charge in [0.2, 0.25) is 0 Å². The van der Waals surface area contributed by atoms with Gasteiger partial charge in [-0.25, -0.2) is 4.79 Å². The van der Waals surface area contributed by atoms with Crippen LogP contribution in [0.5, 0.6) is 0 Å². The summed E-state index contributed by atoms with van der Waals surface area (Å²) in [6, 6.07) is 23.4. The van der Waals surface area contributed by atoms with E-state index in [1.165, 1.54) is 0 Å². The summed E-state index contributed by atoms with van der Waals surface area (Å²) in [7, 11) is 0. The highest BCUT2D eigenvalue weighted by Gasteiger charge is 2.20. The third-order valence-corrected chi connectivity index (χ3v) is 4.68. The Balaban J connectivity index is 1.50. The molecule has 164 valence electrons. The highest BCUT2D eigenvalue weighted by Crippen LogP contribution is 2.16. The summed E-state index contributed by atoms with van der Waals surface area (Å²) >= 11 is 0. The van der Waals surface area contributed by atoms with E-state index in [1.54, 1.807) is 84.9 Å². The lowest BCUT2D eigenvalue weighted by molar-refractivity contribution is -0.125. The van der Waals surface area contributed by atoms with Crippen molar-refractivity contribution in [1.29, 1.82) is 0 Å². The number of rotatable bonds is 5. The zero-order valence-electron chi connectivity index (χ0n) is 17.2. The highest BCUT2D eigenvalue weighted by atomic mass is 16.5. The zero-order valence-corrected chi connectivity index (χ0v) is 17.2. The van der Waals surface area contributed by atoms with Gasteiger partial charge >= 0.3 is 5.97 Å². The molecule has 0 saturated carbocycles. The Bertz CT molecular complexity index is 1380. The van der Waals surface area contributed by atoms with E-state index in [2.05, 4.69) is 16.0 Å². The van der Waals surface area contributed by atoms with Gasteiger partial charge in [0.25, 0.3) is 17.4 Å². The number of hydrazine groups is 1. The first-order chi connectivity index (χ1) is 16.0. The molecule has 2 N–H and O–H groups in total. The third-order valence-electron chi connectivity index (χ3n) is 4.68. The summed E-state index contributed by atoms with van der Waals surface area (Å²) in [6.45, 7) is -0.658. The molecule has 0 aliphatic carbocycles. The molecule has 9 nitrogen and oxygen atoms in total. The van der Waals surface area contributed by atoms with Crippen molar-refractivity contribution in [3.05, 3.63) is 107 Å². The second-order valence-electron chi connectivity index (χ2n) is 6.89. The number of esters is 1. The monoisotopic (exact) mass is 442 g/mol. The molecule has 0 unspecified atom stereocenters. The van der Waals surface area contributed by atoms with E-state index >= 15 is 0 Å². The molecule has 1 aromatic heterocycles. The van der Waals surface area contributed by atoms with E-state index in [4.69, 9.17) is 4.74 Å². The zero-order chi connectivity index (χ0) is 23.2. The number of nitrogens with zero attached hydrogens (tertiary/aromatic N) is 2. The number of amides is 2. The predicted molar refractivity (Wildman–Crippen MR) is 120 cm³/mol. The van der Waals surface area contributed by atoms with Crippen molar-refractivity contribution >= 4 is 28.6 Å². The molecule has 33 heavy (non-hydrogen) atoms. The maximum absolute atomic E-state index is 12.9. The van der Waals surface area contributed by atoms with E-state index in [0.29, 0.717) is 16.6 Å². The molecule has 4 rings (SSSR count).